The molecule has 1 aromatic rings. The quantitative estimate of drug-likeness (QED) is 0.897. The third-order valence-electron chi connectivity index (χ3n) is 4.22. The molecule has 1 fully saturated rings. The van der Waals surface area contributed by atoms with Crippen LogP contribution in [0.3, 0.4) is 0 Å². The number of hydrogen-bond acceptors (Lipinski definition) is 3. The fourth-order valence-electron chi connectivity index (χ4n) is 2.98. The number of nitrogens with two attached hydrogens (primary N) is 1. The number of amides is 1. The lowest BCUT2D eigenvalue weighted by atomic mass is 10.1. The lowest BCUT2D eigenvalue weighted by Crippen LogP contribution is -2.36. The number of rotatable bonds is 4. The van der Waals surface area contributed by atoms with E-state index in [-0.39, 0.29) is 18.3 Å². The summed E-state index contributed by atoms with van der Waals surface area (Å²) in [5.41, 5.74) is 8.88. The van der Waals surface area contributed by atoms with E-state index >= 15 is 0 Å². The van der Waals surface area contributed by atoms with Gasteiger partial charge in [0.25, 0.3) is 0 Å². The van der Waals surface area contributed by atoms with Crippen molar-refractivity contribution in [1.82, 2.24) is 4.90 Å². The van der Waals surface area contributed by atoms with Crippen molar-refractivity contribution in [3.63, 3.8) is 0 Å². The number of hydrogen-bond donors (Lipinski definition) is 2. The number of likely N-dealkylation sites (tertiary alicyclic amines) is 1. The van der Waals surface area contributed by atoms with Crippen molar-refractivity contribution < 1.29 is 4.79 Å². The van der Waals surface area contributed by atoms with Gasteiger partial charge in [0.1, 0.15) is 0 Å². The molecule has 0 aromatic heterocycles. The summed E-state index contributed by atoms with van der Waals surface area (Å²) in [7, 11) is 0. The van der Waals surface area contributed by atoms with E-state index in [1.807, 2.05) is 32.0 Å². The Labute approximate surface area is 133 Å². The average Bonchev–Trinajstić information content (AvgIpc) is 2.75. The van der Waals surface area contributed by atoms with Crippen LogP contribution in [-0.2, 0) is 4.79 Å². The summed E-state index contributed by atoms with van der Waals surface area (Å²) in [6.07, 6.45) is 1.09. The number of benzene rings is 1. The largest absolute Gasteiger partial charge is 0.330 e. The maximum Gasteiger partial charge on any atom is 0.238 e. The van der Waals surface area contributed by atoms with Gasteiger partial charge in [-0.05, 0) is 50.8 Å². The monoisotopic (exact) mass is 311 g/mol. The number of aryl methyl sites for hydroxylation is 2. The Hall–Kier alpha value is -1.10. The lowest BCUT2D eigenvalue weighted by molar-refractivity contribution is -0.117. The first-order valence-electron chi connectivity index (χ1n) is 7.31. The molecular formula is C16H26ClN3O. The Morgan fingerprint density at radius 3 is 2.52 bits per heavy atom. The van der Waals surface area contributed by atoms with E-state index in [1.165, 1.54) is 0 Å². The highest BCUT2D eigenvalue weighted by atomic mass is 35.5. The van der Waals surface area contributed by atoms with Crippen LogP contribution in [0.2, 0.25) is 0 Å². The van der Waals surface area contributed by atoms with Crippen LogP contribution in [-0.4, -0.2) is 36.5 Å². The number of carbonyl (C=O) groups is 1. The predicted octanol–water partition coefficient (Wildman–Crippen LogP) is 2.33. The van der Waals surface area contributed by atoms with Gasteiger partial charge in [0.15, 0.2) is 0 Å². The number of anilines is 1. The summed E-state index contributed by atoms with van der Waals surface area (Å²) in [5, 5.41) is 3.05. The van der Waals surface area contributed by atoms with Crippen molar-refractivity contribution in [3.8, 4) is 0 Å². The molecule has 1 amide bonds. The van der Waals surface area contributed by atoms with Crippen LogP contribution in [0.4, 0.5) is 5.69 Å². The van der Waals surface area contributed by atoms with E-state index in [0.29, 0.717) is 25.0 Å². The van der Waals surface area contributed by atoms with Gasteiger partial charge in [0.05, 0.1) is 6.54 Å². The molecule has 1 aliphatic heterocycles. The van der Waals surface area contributed by atoms with Crippen molar-refractivity contribution >= 4 is 24.0 Å². The van der Waals surface area contributed by atoms with Gasteiger partial charge < -0.3 is 11.1 Å². The lowest BCUT2D eigenvalue weighted by Gasteiger charge is -2.21. The second-order valence-corrected chi connectivity index (χ2v) is 5.93. The summed E-state index contributed by atoms with van der Waals surface area (Å²) in [4.78, 5) is 14.5. The number of nitrogens with zero attached hydrogens (tertiary/aromatic N) is 1. The van der Waals surface area contributed by atoms with E-state index in [9.17, 15) is 4.79 Å². The zero-order valence-corrected chi connectivity index (χ0v) is 13.9. The molecule has 0 spiro atoms. The van der Waals surface area contributed by atoms with E-state index in [0.717, 1.165) is 29.8 Å². The zero-order valence-electron chi connectivity index (χ0n) is 13.1. The van der Waals surface area contributed by atoms with Crippen molar-refractivity contribution in [2.45, 2.75) is 33.2 Å². The molecule has 1 aliphatic rings. The Balaban J connectivity index is 0.00000220. The standard InChI is InChI=1S/C16H25N3O.ClH/c1-11-5-4-6-12(2)16(11)18-15(20)10-19-9-14(8-17)7-13(19)3;/h4-6,13-14H,7-10,17H2,1-3H3,(H,18,20);1H. The average molecular weight is 312 g/mol. The van der Waals surface area contributed by atoms with Gasteiger partial charge in [-0.25, -0.2) is 0 Å². The van der Waals surface area contributed by atoms with Crippen LogP contribution in [0.5, 0.6) is 0 Å². The van der Waals surface area contributed by atoms with Gasteiger partial charge >= 0.3 is 0 Å². The predicted molar refractivity (Wildman–Crippen MR) is 90.0 cm³/mol. The summed E-state index contributed by atoms with van der Waals surface area (Å²) >= 11 is 0. The highest BCUT2D eigenvalue weighted by Crippen LogP contribution is 2.23. The highest BCUT2D eigenvalue weighted by Gasteiger charge is 2.29. The molecule has 1 saturated heterocycles. The van der Waals surface area contributed by atoms with Crippen LogP contribution in [0.1, 0.15) is 24.5 Å². The van der Waals surface area contributed by atoms with Gasteiger partial charge in [-0.1, -0.05) is 18.2 Å². The van der Waals surface area contributed by atoms with E-state index < -0.39 is 0 Å². The van der Waals surface area contributed by atoms with Crippen LogP contribution < -0.4 is 11.1 Å². The maximum atomic E-state index is 12.2. The van der Waals surface area contributed by atoms with Gasteiger partial charge in [0.2, 0.25) is 5.91 Å². The van der Waals surface area contributed by atoms with Gasteiger partial charge in [-0.2, -0.15) is 0 Å². The molecule has 2 atom stereocenters. The molecule has 0 aliphatic carbocycles. The van der Waals surface area contributed by atoms with Crippen LogP contribution in [0.25, 0.3) is 0 Å². The first-order valence-corrected chi connectivity index (χ1v) is 7.31. The number of nitrogens with one attached hydrogen (secondary N) is 1. The van der Waals surface area contributed by atoms with Crippen molar-refractivity contribution in [1.29, 1.82) is 0 Å². The Bertz CT molecular complexity index is 472. The third kappa shape index (κ3) is 4.43. The smallest absolute Gasteiger partial charge is 0.238 e. The molecule has 0 bridgehead atoms. The fourth-order valence-corrected chi connectivity index (χ4v) is 2.98. The fraction of sp³-hybridized carbons (Fsp3) is 0.562. The minimum Gasteiger partial charge on any atom is -0.330 e. The maximum absolute atomic E-state index is 12.2. The molecule has 1 aromatic carbocycles. The molecule has 0 saturated carbocycles. The third-order valence-corrected chi connectivity index (χ3v) is 4.22. The molecular weight excluding hydrogens is 286 g/mol. The van der Waals surface area contributed by atoms with Crippen molar-refractivity contribution in [3.05, 3.63) is 29.3 Å². The second-order valence-electron chi connectivity index (χ2n) is 5.93. The Morgan fingerprint density at radius 1 is 1.38 bits per heavy atom. The molecule has 3 N–H and O–H groups in total. The summed E-state index contributed by atoms with van der Waals surface area (Å²) in [6.45, 7) is 8.29. The minimum absolute atomic E-state index is 0. The molecule has 2 unspecified atom stereocenters. The minimum atomic E-state index is 0. The molecule has 21 heavy (non-hydrogen) atoms. The topological polar surface area (TPSA) is 58.4 Å². The Morgan fingerprint density at radius 2 is 2.00 bits per heavy atom. The Kier molecular flexibility index (Phi) is 6.65. The first kappa shape index (κ1) is 18.0. The molecule has 118 valence electrons. The SMILES string of the molecule is Cc1cccc(C)c1NC(=O)CN1CC(CN)CC1C.Cl. The van der Waals surface area contributed by atoms with Gasteiger partial charge in [0, 0.05) is 18.3 Å². The molecule has 0 radical (unpaired) electrons. The van der Waals surface area contributed by atoms with Crippen LogP contribution in [0, 0.1) is 19.8 Å². The number of para-hydroxylation sites is 1. The number of halogens is 1. The van der Waals surface area contributed by atoms with Crippen molar-refractivity contribution in [2.24, 2.45) is 11.7 Å². The molecule has 1 heterocycles. The van der Waals surface area contributed by atoms with E-state index in [1.54, 1.807) is 0 Å². The second kappa shape index (κ2) is 7.78. The first-order chi connectivity index (χ1) is 9.51. The van der Waals surface area contributed by atoms with Crippen LogP contribution >= 0.6 is 12.4 Å². The van der Waals surface area contributed by atoms with E-state index in [2.05, 4.69) is 17.1 Å². The van der Waals surface area contributed by atoms with Gasteiger partial charge in [-0.3, -0.25) is 9.69 Å². The molecule has 4 nitrogen and oxygen atoms in total. The van der Waals surface area contributed by atoms with Gasteiger partial charge in [-0.15, -0.1) is 12.4 Å². The summed E-state index contributed by atoms with van der Waals surface area (Å²) in [6, 6.07) is 6.48. The normalized spacial score (nSPS) is 21.9. The molecule has 5 heteroatoms. The molecule has 2 rings (SSSR count). The zero-order chi connectivity index (χ0) is 14.7. The number of carbonyl (C=O) groups excluding carboxylic acids is 1. The summed E-state index contributed by atoms with van der Waals surface area (Å²) in [5.74, 6) is 0.588. The van der Waals surface area contributed by atoms with Crippen LogP contribution in [0.15, 0.2) is 18.2 Å². The highest BCUT2D eigenvalue weighted by molar-refractivity contribution is 5.93. The van der Waals surface area contributed by atoms with E-state index in [4.69, 9.17) is 5.73 Å². The van der Waals surface area contributed by atoms with Crippen molar-refractivity contribution in [2.75, 3.05) is 25.0 Å². The summed E-state index contributed by atoms with van der Waals surface area (Å²) < 4.78 is 0.